The van der Waals surface area contributed by atoms with Crippen LogP contribution in [0, 0.1) is 5.82 Å². The van der Waals surface area contributed by atoms with E-state index in [0.717, 1.165) is 0 Å². The van der Waals surface area contributed by atoms with E-state index in [1.54, 1.807) is 18.2 Å². The Balaban J connectivity index is 3.24. The molecule has 1 aromatic carbocycles. The quantitative estimate of drug-likeness (QED) is 0.831. The highest BCUT2D eigenvalue weighted by Crippen LogP contribution is 2.31. The van der Waals surface area contributed by atoms with Gasteiger partial charge in [-0.15, -0.1) is 0 Å². The molecule has 0 radical (unpaired) electrons. The Morgan fingerprint density at radius 2 is 1.93 bits per heavy atom. The highest BCUT2D eigenvalue weighted by molar-refractivity contribution is 5.35. The van der Waals surface area contributed by atoms with E-state index < -0.39 is 5.54 Å². The van der Waals surface area contributed by atoms with E-state index in [1.807, 2.05) is 13.8 Å². The zero-order valence-corrected chi connectivity index (χ0v) is 9.51. The van der Waals surface area contributed by atoms with Gasteiger partial charge in [0.05, 0.1) is 7.11 Å². The molecule has 0 aliphatic rings. The van der Waals surface area contributed by atoms with Crippen molar-refractivity contribution in [2.24, 2.45) is 5.73 Å². The second kappa shape index (κ2) is 4.62. The summed E-state index contributed by atoms with van der Waals surface area (Å²) in [4.78, 5) is 0. The van der Waals surface area contributed by atoms with E-state index in [1.165, 1.54) is 7.11 Å². The fourth-order valence-corrected chi connectivity index (χ4v) is 1.68. The number of halogens is 1. The summed E-state index contributed by atoms with van der Waals surface area (Å²) in [7, 11) is 1.46. The van der Waals surface area contributed by atoms with Crippen molar-refractivity contribution in [3.05, 3.63) is 29.6 Å². The molecule has 0 aliphatic carbocycles. The standard InChI is InChI=1S/C12H18FNO/c1-4-12(14,5-2)9-7-6-8-10(15-3)11(9)13/h6-8H,4-5,14H2,1-3H3. The molecule has 0 saturated heterocycles. The zero-order valence-electron chi connectivity index (χ0n) is 9.51. The lowest BCUT2D eigenvalue weighted by molar-refractivity contribution is 0.357. The molecule has 0 heterocycles. The van der Waals surface area contributed by atoms with Crippen molar-refractivity contribution in [1.29, 1.82) is 0 Å². The summed E-state index contributed by atoms with van der Waals surface area (Å²) in [5.41, 5.74) is 6.08. The Hall–Kier alpha value is -1.09. The average Bonchev–Trinajstić information content (AvgIpc) is 2.28. The molecule has 0 bridgehead atoms. The summed E-state index contributed by atoms with van der Waals surface area (Å²) in [5.74, 6) is -0.0876. The van der Waals surface area contributed by atoms with Crippen LogP contribution in [0.1, 0.15) is 32.3 Å². The maximum absolute atomic E-state index is 13.9. The van der Waals surface area contributed by atoms with Crippen molar-refractivity contribution < 1.29 is 9.13 Å². The number of hydrogen-bond acceptors (Lipinski definition) is 2. The van der Waals surface area contributed by atoms with Gasteiger partial charge in [0.1, 0.15) is 0 Å². The van der Waals surface area contributed by atoms with Gasteiger partial charge in [0.15, 0.2) is 11.6 Å². The molecule has 84 valence electrons. The maximum Gasteiger partial charge on any atom is 0.170 e. The lowest BCUT2D eigenvalue weighted by atomic mass is 9.85. The van der Waals surface area contributed by atoms with E-state index >= 15 is 0 Å². The van der Waals surface area contributed by atoms with Gasteiger partial charge in [-0.05, 0) is 18.9 Å². The number of ether oxygens (including phenoxy) is 1. The molecule has 2 N–H and O–H groups in total. The largest absolute Gasteiger partial charge is 0.494 e. The van der Waals surface area contributed by atoms with Crippen LogP contribution in [0.25, 0.3) is 0 Å². The van der Waals surface area contributed by atoms with Gasteiger partial charge in [-0.3, -0.25) is 0 Å². The van der Waals surface area contributed by atoms with Crippen molar-refractivity contribution in [1.82, 2.24) is 0 Å². The van der Waals surface area contributed by atoms with Crippen LogP contribution in [0.3, 0.4) is 0 Å². The Kier molecular flexibility index (Phi) is 3.69. The zero-order chi connectivity index (χ0) is 11.5. The van der Waals surface area contributed by atoms with Crippen LogP contribution < -0.4 is 10.5 Å². The monoisotopic (exact) mass is 211 g/mol. The first-order valence-corrected chi connectivity index (χ1v) is 5.21. The molecule has 0 aliphatic heterocycles. The first kappa shape index (κ1) is 12.0. The molecule has 0 saturated carbocycles. The summed E-state index contributed by atoms with van der Waals surface area (Å²) < 4.78 is 18.9. The van der Waals surface area contributed by atoms with E-state index in [-0.39, 0.29) is 11.6 Å². The molecule has 0 fully saturated rings. The Morgan fingerprint density at radius 3 is 2.40 bits per heavy atom. The molecule has 15 heavy (non-hydrogen) atoms. The molecule has 2 nitrogen and oxygen atoms in total. The number of hydrogen-bond donors (Lipinski definition) is 1. The van der Waals surface area contributed by atoms with E-state index in [4.69, 9.17) is 10.5 Å². The fourth-order valence-electron chi connectivity index (χ4n) is 1.68. The number of methoxy groups -OCH3 is 1. The number of rotatable bonds is 4. The normalized spacial score (nSPS) is 11.5. The summed E-state index contributed by atoms with van der Waals surface area (Å²) in [6.07, 6.45) is 1.40. The van der Waals surface area contributed by atoms with Crippen LogP contribution in [0.5, 0.6) is 5.75 Å². The number of nitrogens with two attached hydrogens (primary N) is 1. The Labute approximate surface area is 90.2 Å². The second-order valence-corrected chi connectivity index (χ2v) is 3.69. The minimum absolute atomic E-state index is 0.254. The third-order valence-electron chi connectivity index (χ3n) is 2.98. The van der Waals surface area contributed by atoms with Gasteiger partial charge in [0.2, 0.25) is 0 Å². The molecule has 0 unspecified atom stereocenters. The van der Waals surface area contributed by atoms with Gasteiger partial charge >= 0.3 is 0 Å². The van der Waals surface area contributed by atoms with Crippen LogP contribution in [-0.4, -0.2) is 7.11 Å². The average molecular weight is 211 g/mol. The molecule has 0 spiro atoms. The van der Waals surface area contributed by atoms with Crippen molar-refractivity contribution in [2.75, 3.05) is 7.11 Å². The minimum Gasteiger partial charge on any atom is -0.494 e. The summed E-state index contributed by atoms with van der Waals surface area (Å²) in [5, 5.41) is 0. The van der Waals surface area contributed by atoms with E-state index in [9.17, 15) is 4.39 Å². The smallest absolute Gasteiger partial charge is 0.170 e. The maximum atomic E-state index is 13.9. The van der Waals surface area contributed by atoms with Gasteiger partial charge in [-0.25, -0.2) is 4.39 Å². The summed E-state index contributed by atoms with van der Waals surface area (Å²) >= 11 is 0. The van der Waals surface area contributed by atoms with E-state index in [2.05, 4.69) is 0 Å². The van der Waals surface area contributed by atoms with Crippen molar-refractivity contribution in [2.45, 2.75) is 32.2 Å². The van der Waals surface area contributed by atoms with Gasteiger partial charge in [-0.2, -0.15) is 0 Å². The van der Waals surface area contributed by atoms with Crippen molar-refractivity contribution >= 4 is 0 Å². The molecule has 1 aromatic rings. The molecule has 1 rings (SSSR count). The predicted octanol–water partition coefficient (Wildman–Crippen LogP) is 2.81. The van der Waals surface area contributed by atoms with Crippen LogP contribution >= 0.6 is 0 Å². The SMILES string of the molecule is CCC(N)(CC)c1cccc(OC)c1F. The molecule has 3 heteroatoms. The first-order valence-electron chi connectivity index (χ1n) is 5.21. The molecule has 0 amide bonds. The molecule has 0 aromatic heterocycles. The number of benzene rings is 1. The van der Waals surface area contributed by atoms with Gasteiger partial charge in [0, 0.05) is 11.1 Å². The van der Waals surface area contributed by atoms with Gasteiger partial charge in [-0.1, -0.05) is 26.0 Å². The topological polar surface area (TPSA) is 35.2 Å². The van der Waals surface area contributed by atoms with Gasteiger partial charge < -0.3 is 10.5 Å². The Morgan fingerprint density at radius 1 is 1.33 bits per heavy atom. The lowest BCUT2D eigenvalue weighted by Crippen LogP contribution is -2.36. The predicted molar refractivity (Wildman–Crippen MR) is 59.4 cm³/mol. The molecular weight excluding hydrogens is 193 g/mol. The van der Waals surface area contributed by atoms with Crippen molar-refractivity contribution in [3.63, 3.8) is 0 Å². The summed E-state index contributed by atoms with van der Waals surface area (Å²) in [6, 6.07) is 5.10. The Bertz CT molecular complexity index is 334. The lowest BCUT2D eigenvalue weighted by Gasteiger charge is -2.28. The second-order valence-electron chi connectivity index (χ2n) is 3.69. The molecular formula is C12H18FNO. The molecule has 0 atom stereocenters. The highest BCUT2D eigenvalue weighted by atomic mass is 19.1. The van der Waals surface area contributed by atoms with Crippen LogP contribution in [0.15, 0.2) is 18.2 Å². The highest BCUT2D eigenvalue weighted by Gasteiger charge is 2.27. The fraction of sp³-hybridized carbons (Fsp3) is 0.500. The van der Waals surface area contributed by atoms with Crippen LogP contribution in [0.4, 0.5) is 4.39 Å². The third kappa shape index (κ3) is 2.12. The minimum atomic E-state index is -0.599. The van der Waals surface area contributed by atoms with Crippen LogP contribution in [0.2, 0.25) is 0 Å². The van der Waals surface area contributed by atoms with Crippen molar-refractivity contribution in [3.8, 4) is 5.75 Å². The van der Waals surface area contributed by atoms with Crippen LogP contribution in [-0.2, 0) is 5.54 Å². The van der Waals surface area contributed by atoms with E-state index in [0.29, 0.717) is 18.4 Å². The third-order valence-corrected chi connectivity index (χ3v) is 2.98. The first-order chi connectivity index (χ1) is 7.09. The van der Waals surface area contributed by atoms with Gasteiger partial charge in [0.25, 0.3) is 0 Å². The summed E-state index contributed by atoms with van der Waals surface area (Å²) in [6.45, 7) is 3.92.